The SMILES string of the molecule is CN1C(=O)CCC12CCCN(Cc1nccs1)C2. The van der Waals surface area contributed by atoms with Gasteiger partial charge in [0.1, 0.15) is 5.01 Å². The predicted molar refractivity (Wildman–Crippen MR) is 71.4 cm³/mol. The van der Waals surface area contributed by atoms with Gasteiger partial charge >= 0.3 is 0 Å². The van der Waals surface area contributed by atoms with E-state index in [0.29, 0.717) is 5.91 Å². The van der Waals surface area contributed by atoms with Crippen LogP contribution in [0, 0.1) is 0 Å². The molecule has 5 heteroatoms. The standard InChI is InChI=1S/C13H19N3OS/c1-15-12(17)3-5-13(15)4-2-7-16(10-13)9-11-14-6-8-18-11/h6,8H,2-5,7,9-10H2,1H3. The Morgan fingerprint density at radius 3 is 3.06 bits per heavy atom. The van der Waals surface area contributed by atoms with Crippen molar-refractivity contribution < 1.29 is 4.79 Å². The molecule has 1 amide bonds. The second kappa shape index (κ2) is 4.63. The van der Waals surface area contributed by atoms with Crippen LogP contribution in [0.15, 0.2) is 11.6 Å². The molecule has 2 saturated heterocycles. The fraction of sp³-hybridized carbons (Fsp3) is 0.692. The van der Waals surface area contributed by atoms with E-state index in [4.69, 9.17) is 0 Å². The number of carbonyl (C=O) groups excluding carboxylic acids is 1. The number of nitrogens with zero attached hydrogens (tertiary/aromatic N) is 3. The highest BCUT2D eigenvalue weighted by atomic mass is 32.1. The molecule has 0 aliphatic carbocycles. The van der Waals surface area contributed by atoms with Crippen LogP contribution in [-0.4, -0.2) is 46.4 Å². The van der Waals surface area contributed by atoms with Crippen LogP contribution in [0.2, 0.25) is 0 Å². The van der Waals surface area contributed by atoms with E-state index in [9.17, 15) is 4.79 Å². The number of hydrogen-bond acceptors (Lipinski definition) is 4. The van der Waals surface area contributed by atoms with Gasteiger partial charge in [0.05, 0.1) is 12.1 Å². The Balaban J connectivity index is 1.70. The minimum atomic E-state index is 0.104. The Morgan fingerprint density at radius 2 is 2.39 bits per heavy atom. The molecule has 3 rings (SSSR count). The average molecular weight is 265 g/mol. The first kappa shape index (κ1) is 12.1. The zero-order chi connectivity index (χ0) is 12.6. The fourth-order valence-corrected chi connectivity index (χ4v) is 3.94. The number of amides is 1. The lowest BCUT2D eigenvalue weighted by Crippen LogP contribution is -2.54. The third-order valence-corrected chi connectivity index (χ3v) is 5.13. The summed E-state index contributed by atoms with van der Waals surface area (Å²) in [6.45, 7) is 3.07. The first-order valence-corrected chi connectivity index (χ1v) is 7.45. The van der Waals surface area contributed by atoms with Crippen molar-refractivity contribution in [3.05, 3.63) is 16.6 Å². The summed E-state index contributed by atoms with van der Waals surface area (Å²) >= 11 is 1.72. The molecule has 2 fully saturated rings. The molecule has 0 saturated carbocycles. The largest absolute Gasteiger partial charge is 0.339 e. The summed E-state index contributed by atoms with van der Waals surface area (Å²) in [6, 6.07) is 0. The number of aromatic nitrogens is 1. The molecular formula is C13H19N3OS. The van der Waals surface area contributed by atoms with Crippen molar-refractivity contribution >= 4 is 17.2 Å². The lowest BCUT2D eigenvalue weighted by atomic mass is 9.86. The summed E-state index contributed by atoms with van der Waals surface area (Å²) in [5.74, 6) is 0.311. The number of rotatable bonds is 2. The summed E-state index contributed by atoms with van der Waals surface area (Å²) in [5.41, 5.74) is 0.104. The molecular weight excluding hydrogens is 246 g/mol. The molecule has 0 bridgehead atoms. The zero-order valence-corrected chi connectivity index (χ0v) is 11.6. The van der Waals surface area contributed by atoms with Gasteiger partial charge in [-0.05, 0) is 25.8 Å². The summed E-state index contributed by atoms with van der Waals surface area (Å²) in [4.78, 5) is 20.6. The molecule has 0 N–H and O–H groups in total. The molecule has 1 spiro atoms. The Morgan fingerprint density at radius 1 is 1.50 bits per heavy atom. The molecule has 98 valence electrons. The van der Waals surface area contributed by atoms with E-state index in [1.54, 1.807) is 11.3 Å². The summed E-state index contributed by atoms with van der Waals surface area (Å²) < 4.78 is 0. The van der Waals surface area contributed by atoms with Crippen molar-refractivity contribution in [3.8, 4) is 0 Å². The predicted octanol–water partition coefficient (Wildman–Crippen LogP) is 1.73. The normalized spacial score (nSPS) is 29.4. The van der Waals surface area contributed by atoms with Gasteiger partial charge in [-0.2, -0.15) is 0 Å². The van der Waals surface area contributed by atoms with Crippen molar-refractivity contribution in [3.63, 3.8) is 0 Å². The topological polar surface area (TPSA) is 36.4 Å². The fourth-order valence-electron chi connectivity index (χ4n) is 3.28. The maximum absolute atomic E-state index is 11.8. The van der Waals surface area contributed by atoms with E-state index in [0.717, 1.165) is 38.9 Å². The van der Waals surface area contributed by atoms with Crippen molar-refractivity contribution in [2.75, 3.05) is 20.1 Å². The van der Waals surface area contributed by atoms with Crippen LogP contribution < -0.4 is 0 Å². The number of likely N-dealkylation sites (tertiary alicyclic amines) is 2. The Bertz CT molecular complexity index is 433. The molecule has 4 nitrogen and oxygen atoms in total. The van der Waals surface area contributed by atoms with Crippen LogP contribution in [0.25, 0.3) is 0 Å². The second-order valence-corrected chi connectivity index (χ2v) is 6.40. The molecule has 2 aliphatic heterocycles. The van der Waals surface area contributed by atoms with E-state index in [-0.39, 0.29) is 5.54 Å². The molecule has 3 heterocycles. The van der Waals surface area contributed by atoms with Gasteiger partial charge in [-0.25, -0.2) is 4.98 Å². The van der Waals surface area contributed by atoms with Gasteiger partial charge in [0.15, 0.2) is 0 Å². The summed E-state index contributed by atoms with van der Waals surface area (Å²) in [5, 5.41) is 3.21. The Labute approximate surface area is 112 Å². The lowest BCUT2D eigenvalue weighted by molar-refractivity contribution is -0.130. The van der Waals surface area contributed by atoms with Gasteiger partial charge in [-0.15, -0.1) is 11.3 Å². The first-order chi connectivity index (χ1) is 8.70. The third-order valence-electron chi connectivity index (χ3n) is 4.37. The van der Waals surface area contributed by atoms with E-state index >= 15 is 0 Å². The molecule has 0 radical (unpaired) electrons. The maximum atomic E-state index is 11.8. The second-order valence-electron chi connectivity index (χ2n) is 5.42. The van der Waals surface area contributed by atoms with E-state index in [1.807, 2.05) is 23.5 Å². The third kappa shape index (κ3) is 2.06. The Kier molecular flexibility index (Phi) is 3.11. The van der Waals surface area contributed by atoms with Crippen LogP contribution in [0.3, 0.4) is 0 Å². The van der Waals surface area contributed by atoms with Gasteiger partial charge in [0.25, 0.3) is 0 Å². The van der Waals surface area contributed by atoms with E-state index in [1.165, 1.54) is 11.4 Å². The monoisotopic (exact) mass is 265 g/mol. The van der Waals surface area contributed by atoms with Crippen LogP contribution in [-0.2, 0) is 11.3 Å². The van der Waals surface area contributed by atoms with Crippen molar-refractivity contribution in [2.45, 2.75) is 37.8 Å². The average Bonchev–Trinajstić information content (AvgIpc) is 2.96. The first-order valence-electron chi connectivity index (χ1n) is 6.57. The smallest absolute Gasteiger partial charge is 0.222 e. The quantitative estimate of drug-likeness (QED) is 0.817. The maximum Gasteiger partial charge on any atom is 0.222 e. The molecule has 1 atom stereocenters. The molecule has 1 aromatic heterocycles. The number of hydrogen-bond donors (Lipinski definition) is 0. The van der Waals surface area contributed by atoms with Crippen LogP contribution >= 0.6 is 11.3 Å². The summed E-state index contributed by atoms with van der Waals surface area (Å²) in [6.07, 6.45) is 5.95. The van der Waals surface area contributed by atoms with Crippen LogP contribution in [0.1, 0.15) is 30.7 Å². The highest BCUT2D eigenvalue weighted by Crippen LogP contribution is 2.37. The van der Waals surface area contributed by atoms with Crippen molar-refractivity contribution in [1.82, 2.24) is 14.8 Å². The van der Waals surface area contributed by atoms with Gasteiger partial charge in [-0.1, -0.05) is 0 Å². The summed E-state index contributed by atoms with van der Waals surface area (Å²) in [7, 11) is 1.97. The van der Waals surface area contributed by atoms with E-state index in [2.05, 4.69) is 9.88 Å². The van der Waals surface area contributed by atoms with Crippen molar-refractivity contribution in [1.29, 1.82) is 0 Å². The van der Waals surface area contributed by atoms with Gasteiger partial charge in [-0.3, -0.25) is 9.69 Å². The van der Waals surface area contributed by atoms with E-state index < -0.39 is 0 Å². The van der Waals surface area contributed by atoms with Gasteiger partial charge in [0.2, 0.25) is 5.91 Å². The number of likely N-dealkylation sites (N-methyl/N-ethyl adjacent to an activating group) is 1. The number of piperidine rings is 1. The molecule has 2 aliphatic rings. The molecule has 18 heavy (non-hydrogen) atoms. The van der Waals surface area contributed by atoms with Crippen LogP contribution in [0.4, 0.5) is 0 Å². The highest BCUT2D eigenvalue weighted by Gasteiger charge is 2.45. The minimum absolute atomic E-state index is 0.104. The Hall–Kier alpha value is -0.940. The molecule has 1 unspecified atom stereocenters. The highest BCUT2D eigenvalue weighted by molar-refractivity contribution is 7.09. The zero-order valence-electron chi connectivity index (χ0n) is 10.8. The van der Waals surface area contributed by atoms with Crippen LogP contribution in [0.5, 0.6) is 0 Å². The van der Waals surface area contributed by atoms with Crippen molar-refractivity contribution in [2.24, 2.45) is 0 Å². The minimum Gasteiger partial charge on any atom is -0.339 e. The lowest BCUT2D eigenvalue weighted by Gasteiger charge is -2.44. The van der Waals surface area contributed by atoms with Gasteiger partial charge < -0.3 is 4.90 Å². The number of thiazole rings is 1. The number of carbonyl (C=O) groups is 1. The van der Waals surface area contributed by atoms with Gasteiger partial charge in [0, 0.05) is 31.6 Å². The molecule has 0 aromatic carbocycles. The molecule has 1 aromatic rings.